The lowest BCUT2D eigenvalue weighted by Crippen LogP contribution is -2.32. The Balaban J connectivity index is 1.72. The molecule has 0 aliphatic carbocycles. The summed E-state index contributed by atoms with van der Waals surface area (Å²) in [7, 11) is 2.14. The fourth-order valence-corrected chi connectivity index (χ4v) is 3.60. The molecule has 3 rings (SSSR count). The average Bonchev–Trinajstić information content (AvgIpc) is 3.20. The molecule has 1 amide bonds. The van der Waals surface area contributed by atoms with Gasteiger partial charge in [0.2, 0.25) is 5.91 Å². The molecule has 0 saturated carbocycles. The van der Waals surface area contributed by atoms with E-state index >= 15 is 0 Å². The lowest BCUT2D eigenvalue weighted by molar-refractivity contribution is -0.125. The Morgan fingerprint density at radius 1 is 1.32 bits per heavy atom. The summed E-state index contributed by atoms with van der Waals surface area (Å²) in [6.07, 6.45) is 6.28. The predicted molar refractivity (Wildman–Crippen MR) is 97.3 cm³/mol. The first-order valence-corrected chi connectivity index (χ1v) is 9.27. The molecule has 1 fully saturated rings. The molecule has 2 aromatic heterocycles. The summed E-state index contributed by atoms with van der Waals surface area (Å²) < 4.78 is 1.89. The third-order valence-electron chi connectivity index (χ3n) is 5.15. The van der Waals surface area contributed by atoms with Crippen LogP contribution in [0.3, 0.4) is 0 Å². The first-order valence-electron chi connectivity index (χ1n) is 9.27. The number of aromatic nitrogens is 4. The van der Waals surface area contributed by atoms with Crippen molar-refractivity contribution in [2.45, 2.75) is 45.6 Å². The van der Waals surface area contributed by atoms with Crippen molar-refractivity contribution in [3.8, 4) is 0 Å². The van der Waals surface area contributed by atoms with E-state index in [4.69, 9.17) is 5.10 Å². The van der Waals surface area contributed by atoms with Crippen LogP contribution >= 0.6 is 0 Å². The Hall–Kier alpha value is -2.02. The summed E-state index contributed by atoms with van der Waals surface area (Å²) in [5.74, 6) is 0.633. The van der Waals surface area contributed by atoms with Crippen LogP contribution in [0.2, 0.25) is 0 Å². The Bertz CT molecular complexity index is 723. The van der Waals surface area contributed by atoms with E-state index in [1.54, 1.807) is 12.4 Å². The van der Waals surface area contributed by atoms with Crippen LogP contribution in [0.25, 0.3) is 11.2 Å². The monoisotopic (exact) mass is 344 g/mol. The first-order chi connectivity index (χ1) is 12.1. The highest BCUT2D eigenvalue weighted by molar-refractivity contribution is 5.78. The van der Waals surface area contributed by atoms with Crippen molar-refractivity contribution in [3.63, 3.8) is 0 Å². The molecule has 1 atom stereocenters. The topological polar surface area (TPSA) is 75.9 Å². The molecule has 1 unspecified atom stereocenters. The van der Waals surface area contributed by atoms with Gasteiger partial charge in [-0.3, -0.25) is 4.79 Å². The van der Waals surface area contributed by atoms with Crippen molar-refractivity contribution in [2.75, 3.05) is 26.7 Å². The standard InChI is InChI=1S/C18H28N6O/c1-4-13(5-2)18(25)21-9-11-24-17-16(19-7-8-20-17)15(22-24)14-6-10-23(3)12-14/h7-8,13-14H,4-6,9-12H2,1-3H3,(H,21,25). The number of likely N-dealkylation sites (tertiary alicyclic amines) is 1. The number of hydrogen-bond acceptors (Lipinski definition) is 5. The predicted octanol–water partition coefficient (Wildman–Crippen LogP) is 1.80. The van der Waals surface area contributed by atoms with E-state index in [9.17, 15) is 4.79 Å². The van der Waals surface area contributed by atoms with Crippen LogP contribution in [0.15, 0.2) is 12.4 Å². The van der Waals surface area contributed by atoms with Crippen LogP contribution in [0.1, 0.15) is 44.7 Å². The second kappa shape index (κ2) is 7.91. The van der Waals surface area contributed by atoms with Crippen molar-refractivity contribution in [3.05, 3.63) is 18.1 Å². The summed E-state index contributed by atoms with van der Waals surface area (Å²) in [4.78, 5) is 23.4. The van der Waals surface area contributed by atoms with E-state index in [1.807, 2.05) is 4.68 Å². The minimum atomic E-state index is 0.0961. The van der Waals surface area contributed by atoms with Gasteiger partial charge in [-0.05, 0) is 32.9 Å². The lowest BCUT2D eigenvalue weighted by atomic mass is 10.0. The number of carbonyl (C=O) groups excluding carboxylic acids is 1. The second-order valence-electron chi connectivity index (χ2n) is 6.89. The molecule has 136 valence electrons. The SMILES string of the molecule is CCC(CC)C(=O)NCCn1nc(C2CCN(C)C2)c2nccnc21. The van der Waals surface area contributed by atoms with Gasteiger partial charge < -0.3 is 10.2 Å². The van der Waals surface area contributed by atoms with Gasteiger partial charge in [-0.2, -0.15) is 5.10 Å². The second-order valence-corrected chi connectivity index (χ2v) is 6.89. The Labute approximate surface area is 148 Å². The molecule has 1 saturated heterocycles. The molecule has 7 heteroatoms. The summed E-state index contributed by atoms with van der Waals surface area (Å²) in [5, 5.41) is 7.83. The van der Waals surface area contributed by atoms with Crippen molar-refractivity contribution < 1.29 is 4.79 Å². The lowest BCUT2D eigenvalue weighted by Gasteiger charge is -2.12. The molecule has 1 aliphatic heterocycles. The van der Waals surface area contributed by atoms with E-state index < -0.39 is 0 Å². The van der Waals surface area contributed by atoms with Gasteiger partial charge in [-0.25, -0.2) is 14.6 Å². The molecular weight excluding hydrogens is 316 g/mol. The van der Waals surface area contributed by atoms with Crippen LogP contribution in [0.4, 0.5) is 0 Å². The van der Waals surface area contributed by atoms with E-state index in [-0.39, 0.29) is 11.8 Å². The summed E-state index contributed by atoms with van der Waals surface area (Å²) in [6.45, 7) is 7.37. The quantitative estimate of drug-likeness (QED) is 0.829. The Morgan fingerprint density at radius 2 is 2.08 bits per heavy atom. The molecule has 2 aromatic rings. The number of hydrogen-bond donors (Lipinski definition) is 1. The zero-order valence-electron chi connectivity index (χ0n) is 15.4. The zero-order valence-corrected chi connectivity index (χ0v) is 15.4. The van der Waals surface area contributed by atoms with Crippen LogP contribution < -0.4 is 5.32 Å². The maximum atomic E-state index is 12.1. The normalized spacial score (nSPS) is 18.3. The molecule has 25 heavy (non-hydrogen) atoms. The molecule has 0 aromatic carbocycles. The molecule has 1 N–H and O–H groups in total. The molecule has 0 spiro atoms. The number of nitrogens with one attached hydrogen (secondary N) is 1. The van der Waals surface area contributed by atoms with Gasteiger partial charge in [-0.1, -0.05) is 13.8 Å². The van der Waals surface area contributed by atoms with Gasteiger partial charge in [0.1, 0.15) is 5.52 Å². The minimum Gasteiger partial charge on any atom is -0.354 e. The molecule has 1 aliphatic rings. The number of nitrogens with zero attached hydrogens (tertiary/aromatic N) is 5. The molecule has 7 nitrogen and oxygen atoms in total. The van der Waals surface area contributed by atoms with Gasteiger partial charge in [0.15, 0.2) is 5.65 Å². The van der Waals surface area contributed by atoms with Crippen molar-refractivity contribution >= 4 is 17.1 Å². The number of likely N-dealkylation sites (N-methyl/N-ethyl adjacent to an activating group) is 1. The Morgan fingerprint density at radius 3 is 2.76 bits per heavy atom. The highest BCUT2D eigenvalue weighted by atomic mass is 16.1. The van der Waals surface area contributed by atoms with Gasteiger partial charge in [-0.15, -0.1) is 0 Å². The first kappa shape index (κ1) is 17.8. The van der Waals surface area contributed by atoms with Crippen LogP contribution in [0.5, 0.6) is 0 Å². The number of rotatable bonds is 7. The number of fused-ring (bicyclic) bond motifs is 1. The average molecular weight is 344 g/mol. The summed E-state index contributed by atoms with van der Waals surface area (Å²) >= 11 is 0. The largest absolute Gasteiger partial charge is 0.354 e. The van der Waals surface area contributed by atoms with Crippen LogP contribution in [-0.4, -0.2) is 57.2 Å². The van der Waals surface area contributed by atoms with E-state index in [0.29, 0.717) is 19.0 Å². The van der Waals surface area contributed by atoms with Gasteiger partial charge in [0.25, 0.3) is 0 Å². The van der Waals surface area contributed by atoms with Crippen LogP contribution in [-0.2, 0) is 11.3 Å². The summed E-state index contributed by atoms with van der Waals surface area (Å²) in [6, 6.07) is 0. The minimum absolute atomic E-state index is 0.0961. The highest BCUT2D eigenvalue weighted by Gasteiger charge is 2.27. The molecular formula is C18H28N6O. The molecule has 3 heterocycles. The van der Waals surface area contributed by atoms with Crippen molar-refractivity contribution in [2.24, 2.45) is 5.92 Å². The maximum absolute atomic E-state index is 12.1. The van der Waals surface area contributed by atoms with Gasteiger partial charge in [0.05, 0.1) is 12.2 Å². The zero-order chi connectivity index (χ0) is 17.8. The number of carbonyl (C=O) groups is 1. The van der Waals surface area contributed by atoms with E-state index in [1.165, 1.54) is 0 Å². The fraction of sp³-hybridized carbons (Fsp3) is 0.667. The highest BCUT2D eigenvalue weighted by Crippen LogP contribution is 2.29. The van der Waals surface area contributed by atoms with Crippen LogP contribution in [0, 0.1) is 5.92 Å². The van der Waals surface area contributed by atoms with Gasteiger partial charge >= 0.3 is 0 Å². The fourth-order valence-electron chi connectivity index (χ4n) is 3.60. The van der Waals surface area contributed by atoms with Gasteiger partial charge in [0, 0.05) is 37.3 Å². The molecule has 0 radical (unpaired) electrons. The summed E-state index contributed by atoms with van der Waals surface area (Å²) in [5.41, 5.74) is 2.75. The number of amides is 1. The maximum Gasteiger partial charge on any atom is 0.223 e. The third kappa shape index (κ3) is 3.81. The van der Waals surface area contributed by atoms with Crippen molar-refractivity contribution in [1.82, 2.24) is 30.0 Å². The smallest absolute Gasteiger partial charge is 0.223 e. The van der Waals surface area contributed by atoms with Crippen molar-refractivity contribution in [1.29, 1.82) is 0 Å². The van der Waals surface area contributed by atoms with E-state index in [2.05, 4.69) is 41.1 Å². The molecule has 0 bridgehead atoms. The Kier molecular flexibility index (Phi) is 5.63. The van der Waals surface area contributed by atoms with E-state index in [0.717, 1.165) is 49.2 Å². The third-order valence-corrected chi connectivity index (χ3v) is 5.15.